The first-order valence-corrected chi connectivity index (χ1v) is 12.4. The van der Waals surface area contributed by atoms with Crippen LogP contribution in [0.3, 0.4) is 0 Å². The van der Waals surface area contributed by atoms with E-state index < -0.39 is 0 Å². The third kappa shape index (κ3) is 5.45. The van der Waals surface area contributed by atoms with Crippen LogP contribution in [0.25, 0.3) is 10.1 Å². The van der Waals surface area contributed by atoms with Gasteiger partial charge < -0.3 is 15.4 Å². The average molecular weight is 493 g/mol. The molecule has 0 spiro atoms. The minimum Gasteiger partial charge on any atom is -0.487 e. The summed E-state index contributed by atoms with van der Waals surface area (Å²) in [5, 5.41) is 6.84. The van der Waals surface area contributed by atoms with Gasteiger partial charge >= 0.3 is 0 Å². The quantitative estimate of drug-likeness (QED) is 0.254. The zero-order valence-corrected chi connectivity index (χ0v) is 20.3. The van der Waals surface area contributed by atoms with Crippen LogP contribution in [0, 0.1) is 0 Å². The number of amides is 2. The van der Waals surface area contributed by atoms with Gasteiger partial charge in [0.05, 0.1) is 0 Å². The van der Waals surface area contributed by atoms with Gasteiger partial charge in [-0.15, -0.1) is 11.3 Å². The van der Waals surface area contributed by atoms with E-state index in [2.05, 4.69) is 10.6 Å². The van der Waals surface area contributed by atoms with Crippen molar-refractivity contribution in [3.63, 3.8) is 0 Å². The van der Waals surface area contributed by atoms with E-state index in [4.69, 9.17) is 4.74 Å². The number of nitrogens with one attached hydrogen (secondary N) is 2. The second-order valence-corrected chi connectivity index (χ2v) is 9.29. The predicted octanol–water partition coefficient (Wildman–Crippen LogP) is 6.66. The molecule has 1 aromatic heterocycles. The van der Waals surface area contributed by atoms with E-state index in [0.717, 1.165) is 21.2 Å². The van der Waals surface area contributed by atoms with Gasteiger partial charge in [0.2, 0.25) is 0 Å². The van der Waals surface area contributed by atoms with Gasteiger partial charge in [0.25, 0.3) is 11.8 Å². The van der Waals surface area contributed by atoms with Crippen LogP contribution in [0.15, 0.2) is 109 Å². The van der Waals surface area contributed by atoms with Crippen LogP contribution in [0.5, 0.6) is 5.75 Å². The normalized spacial score (nSPS) is 10.7. The monoisotopic (exact) mass is 492 g/mol. The van der Waals surface area contributed by atoms with E-state index in [1.165, 1.54) is 11.3 Å². The SMILES string of the molecule is O=C(Nc1cccc(CNC(=O)c2sc3ccccc3c2OCc2ccccc2)c1)c1ccccc1. The van der Waals surface area contributed by atoms with E-state index in [0.29, 0.717) is 35.0 Å². The first kappa shape index (κ1) is 23.3. The van der Waals surface area contributed by atoms with Crippen LogP contribution in [-0.4, -0.2) is 11.8 Å². The maximum Gasteiger partial charge on any atom is 0.265 e. The van der Waals surface area contributed by atoms with Crippen LogP contribution in [0.4, 0.5) is 5.69 Å². The van der Waals surface area contributed by atoms with E-state index >= 15 is 0 Å². The zero-order chi connectivity index (χ0) is 24.7. The van der Waals surface area contributed by atoms with Crippen LogP contribution < -0.4 is 15.4 Å². The minimum atomic E-state index is -0.196. The fourth-order valence-electron chi connectivity index (χ4n) is 3.86. The van der Waals surface area contributed by atoms with Crippen molar-refractivity contribution in [2.45, 2.75) is 13.2 Å². The highest BCUT2D eigenvalue weighted by molar-refractivity contribution is 7.21. The summed E-state index contributed by atoms with van der Waals surface area (Å²) in [7, 11) is 0. The topological polar surface area (TPSA) is 67.4 Å². The molecule has 2 amide bonds. The molecule has 0 bridgehead atoms. The second kappa shape index (κ2) is 10.9. The number of hydrogen-bond acceptors (Lipinski definition) is 4. The Morgan fingerprint density at radius 2 is 1.42 bits per heavy atom. The summed E-state index contributed by atoms with van der Waals surface area (Å²) in [4.78, 5) is 26.2. The van der Waals surface area contributed by atoms with Crippen molar-refractivity contribution in [3.8, 4) is 5.75 Å². The van der Waals surface area contributed by atoms with Crippen molar-refractivity contribution in [2.75, 3.05) is 5.32 Å². The molecule has 5 nitrogen and oxygen atoms in total. The van der Waals surface area contributed by atoms with E-state index in [1.807, 2.05) is 97.1 Å². The zero-order valence-electron chi connectivity index (χ0n) is 19.4. The Hall–Kier alpha value is -4.42. The largest absolute Gasteiger partial charge is 0.487 e. The Morgan fingerprint density at radius 3 is 2.22 bits per heavy atom. The fraction of sp³-hybridized carbons (Fsp3) is 0.0667. The fourth-order valence-corrected chi connectivity index (χ4v) is 4.92. The maximum absolute atomic E-state index is 13.2. The lowest BCUT2D eigenvalue weighted by molar-refractivity contribution is 0.0950. The minimum absolute atomic E-state index is 0.178. The number of rotatable bonds is 8. The average Bonchev–Trinajstić information content (AvgIpc) is 3.30. The summed E-state index contributed by atoms with van der Waals surface area (Å²) in [5.41, 5.74) is 3.17. The molecular formula is C30H24N2O3S. The summed E-state index contributed by atoms with van der Waals surface area (Å²) in [6.45, 7) is 0.700. The molecule has 6 heteroatoms. The number of carbonyl (C=O) groups excluding carboxylic acids is 2. The highest BCUT2D eigenvalue weighted by Gasteiger charge is 2.20. The number of fused-ring (bicyclic) bond motifs is 1. The van der Waals surface area contributed by atoms with Crippen molar-refractivity contribution >= 4 is 38.9 Å². The molecule has 0 aliphatic rings. The summed E-state index contributed by atoms with van der Waals surface area (Å²) >= 11 is 1.42. The summed E-state index contributed by atoms with van der Waals surface area (Å²) < 4.78 is 7.15. The summed E-state index contributed by atoms with van der Waals surface area (Å²) in [6.07, 6.45) is 0. The molecule has 0 aliphatic carbocycles. The van der Waals surface area contributed by atoms with Gasteiger partial charge in [0.1, 0.15) is 11.5 Å². The van der Waals surface area contributed by atoms with Crippen molar-refractivity contribution < 1.29 is 14.3 Å². The van der Waals surface area contributed by atoms with Crippen LogP contribution in [-0.2, 0) is 13.2 Å². The first-order chi connectivity index (χ1) is 17.7. The summed E-state index contributed by atoms with van der Waals surface area (Å²) in [5.74, 6) is 0.223. The van der Waals surface area contributed by atoms with E-state index in [9.17, 15) is 9.59 Å². The molecule has 2 N–H and O–H groups in total. The molecule has 4 aromatic carbocycles. The number of hydrogen-bond donors (Lipinski definition) is 2. The molecule has 5 rings (SSSR count). The van der Waals surface area contributed by atoms with Crippen molar-refractivity contribution in [1.82, 2.24) is 5.32 Å². The highest BCUT2D eigenvalue weighted by Crippen LogP contribution is 2.38. The number of carbonyl (C=O) groups is 2. The molecule has 178 valence electrons. The lowest BCUT2D eigenvalue weighted by Crippen LogP contribution is -2.22. The number of benzene rings is 4. The van der Waals surface area contributed by atoms with Crippen LogP contribution in [0.1, 0.15) is 31.2 Å². The van der Waals surface area contributed by atoms with Gasteiger partial charge in [-0.25, -0.2) is 0 Å². The highest BCUT2D eigenvalue weighted by atomic mass is 32.1. The van der Waals surface area contributed by atoms with Crippen LogP contribution in [0.2, 0.25) is 0 Å². The lowest BCUT2D eigenvalue weighted by atomic mass is 10.1. The van der Waals surface area contributed by atoms with Gasteiger partial charge in [-0.05, 0) is 47.5 Å². The van der Waals surface area contributed by atoms with Crippen LogP contribution >= 0.6 is 11.3 Å². The van der Waals surface area contributed by atoms with Crippen molar-refractivity contribution in [2.24, 2.45) is 0 Å². The van der Waals surface area contributed by atoms with Crippen molar-refractivity contribution in [1.29, 1.82) is 0 Å². The molecule has 0 saturated heterocycles. The number of ether oxygens (including phenoxy) is 1. The second-order valence-electron chi connectivity index (χ2n) is 8.23. The van der Waals surface area contributed by atoms with Gasteiger partial charge in [-0.1, -0.05) is 72.8 Å². The Bertz CT molecular complexity index is 1500. The number of anilines is 1. The van der Waals surface area contributed by atoms with Gasteiger partial charge in [0.15, 0.2) is 5.75 Å². The van der Waals surface area contributed by atoms with Gasteiger partial charge in [-0.3, -0.25) is 9.59 Å². The molecule has 1 heterocycles. The van der Waals surface area contributed by atoms with Gasteiger partial charge in [0, 0.05) is 27.9 Å². The molecule has 0 aliphatic heterocycles. The molecule has 0 saturated carbocycles. The molecular weight excluding hydrogens is 468 g/mol. The third-order valence-electron chi connectivity index (χ3n) is 5.66. The Labute approximate surface area is 213 Å². The Morgan fingerprint density at radius 1 is 0.722 bits per heavy atom. The number of thiophene rings is 1. The molecule has 0 unspecified atom stereocenters. The van der Waals surface area contributed by atoms with E-state index in [1.54, 1.807) is 12.1 Å². The molecule has 0 atom stereocenters. The van der Waals surface area contributed by atoms with Gasteiger partial charge in [-0.2, -0.15) is 0 Å². The molecule has 36 heavy (non-hydrogen) atoms. The smallest absolute Gasteiger partial charge is 0.265 e. The first-order valence-electron chi connectivity index (χ1n) is 11.6. The standard InChI is InChI=1S/C30H24N2O3S/c33-29(23-13-5-2-6-14-23)32-24-15-9-12-22(18-24)19-31-30(34)28-27(25-16-7-8-17-26(25)36-28)35-20-21-10-3-1-4-11-21/h1-18H,19-20H2,(H,31,34)(H,32,33). The lowest BCUT2D eigenvalue weighted by Gasteiger charge is -2.10. The van der Waals surface area contributed by atoms with E-state index in [-0.39, 0.29) is 11.8 Å². The predicted molar refractivity (Wildman–Crippen MR) is 145 cm³/mol. The Balaban J connectivity index is 1.29. The molecule has 5 aromatic rings. The molecule has 0 radical (unpaired) electrons. The van der Waals surface area contributed by atoms with Crippen molar-refractivity contribution in [3.05, 3.63) is 131 Å². The summed E-state index contributed by atoms with van der Waals surface area (Å²) in [6, 6.07) is 34.3. The maximum atomic E-state index is 13.2. The Kier molecular flexibility index (Phi) is 7.05. The molecule has 0 fully saturated rings. The third-order valence-corrected chi connectivity index (χ3v) is 6.81.